The Morgan fingerprint density at radius 2 is 1.63 bits per heavy atom. The van der Waals surface area contributed by atoms with Crippen LogP contribution >= 0.6 is 11.6 Å². The summed E-state index contributed by atoms with van der Waals surface area (Å²) in [5.41, 5.74) is 7.86. The number of nitrogens with one attached hydrogen (secondary N) is 1. The Hall–Kier alpha value is -4.13. The number of hydrogen-bond acceptors (Lipinski definition) is 8. The number of aliphatic hydroxyl groups excluding tert-OH is 1. The van der Waals surface area contributed by atoms with Crippen LogP contribution < -0.4 is 19.5 Å². The summed E-state index contributed by atoms with van der Waals surface area (Å²) in [7, 11) is 0. The summed E-state index contributed by atoms with van der Waals surface area (Å²) in [5.74, 6) is 2.52. The third-order valence-electron chi connectivity index (χ3n) is 9.67. The maximum atomic E-state index is 9.57. The Kier molecular flexibility index (Phi) is 14.1. The highest BCUT2D eigenvalue weighted by atomic mass is 35.5. The van der Waals surface area contributed by atoms with Crippen molar-refractivity contribution < 1.29 is 19.3 Å². The normalized spacial score (nSPS) is 13.9. The lowest BCUT2D eigenvalue weighted by molar-refractivity contribution is 0.207. The molecular formula is C42H51ClN4O4. The van der Waals surface area contributed by atoms with E-state index in [0.29, 0.717) is 41.2 Å². The first-order chi connectivity index (χ1) is 24.8. The van der Waals surface area contributed by atoms with Crippen molar-refractivity contribution >= 4 is 11.6 Å². The van der Waals surface area contributed by atoms with Crippen molar-refractivity contribution in [3.8, 4) is 34.4 Å². The topological polar surface area (TPSA) is 99.9 Å². The molecule has 3 aromatic carbocycles. The molecule has 1 fully saturated rings. The summed E-state index contributed by atoms with van der Waals surface area (Å²) in [5, 5.41) is 22.9. The number of benzene rings is 3. The summed E-state index contributed by atoms with van der Waals surface area (Å²) in [6, 6.07) is 20.4. The van der Waals surface area contributed by atoms with Gasteiger partial charge in [0.2, 0.25) is 0 Å². The lowest BCUT2D eigenvalue weighted by Crippen LogP contribution is -2.37. The second-order valence-electron chi connectivity index (χ2n) is 13.7. The number of likely N-dealkylation sites (tertiary alicyclic amines) is 1. The minimum Gasteiger partial charge on any atom is -0.493 e. The Morgan fingerprint density at radius 3 is 2.37 bits per heavy atom. The maximum absolute atomic E-state index is 9.57. The monoisotopic (exact) mass is 710 g/mol. The zero-order valence-corrected chi connectivity index (χ0v) is 31.1. The number of aliphatic hydroxyl groups is 1. The molecule has 270 valence electrons. The minimum absolute atomic E-state index is 0.0986. The van der Waals surface area contributed by atoms with Gasteiger partial charge in [0.15, 0.2) is 0 Å². The first-order valence-electron chi connectivity index (χ1n) is 18.1. The van der Waals surface area contributed by atoms with Crippen LogP contribution in [0.5, 0.6) is 17.2 Å². The molecule has 0 radical (unpaired) electrons. The highest BCUT2D eigenvalue weighted by molar-refractivity contribution is 6.32. The average molecular weight is 711 g/mol. The largest absolute Gasteiger partial charge is 0.493 e. The molecule has 1 aliphatic rings. The van der Waals surface area contributed by atoms with Crippen molar-refractivity contribution in [2.24, 2.45) is 5.92 Å². The second kappa shape index (κ2) is 18.9. The smallest absolute Gasteiger partial charge is 0.142 e. The first kappa shape index (κ1) is 38.1. The Bertz CT molecular complexity index is 1780. The van der Waals surface area contributed by atoms with E-state index in [1.54, 1.807) is 18.5 Å². The molecule has 5 rings (SSSR count). The fourth-order valence-electron chi connectivity index (χ4n) is 6.49. The minimum atomic E-state index is 0.0986. The Morgan fingerprint density at radius 1 is 0.882 bits per heavy atom. The van der Waals surface area contributed by atoms with Crippen LogP contribution in [0.1, 0.15) is 72.9 Å². The van der Waals surface area contributed by atoms with Crippen LogP contribution in [0.25, 0.3) is 11.1 Å². The molecule has 51 heavy (non-hydrogen) atoms. The number of rotatable bonds is 17. The standard InChI is InChI=1S/C42H51ClN4O4/c1-29(2)39(26-48)46-15-10-18-49-40-14-9-13-37(31(40)4)36-12-8-11-34(30(36)3)28-51-42-21-41(50-27-33-19-32(22-44)23-45-24-33)35(20-38(42)43)25-47-16-6-5-7-17-47/h8-9,11-14,19-21,23-24,29,39,46,48H,5-7,10,15-18,25-28H2,1-4H3. The lowest BCUT2D eigenvalue weighted by Gasteiger charge is -2.27. The average Bonchev–Trinajstić information content (AvgIpc) is 3.14. The third kappa shape index (κ3) is 10.5. The van der Waals surface area contributed by atoms with Crippen molar-refractivity contribution in [1.82, 2.24) is 15.2 Å². The molecule has 0 amide bonds. The van der Waals surface area contributed by atoms with Gasteiger partial charge >= 0.3 is 0 Å². The maximum Gasteiger partial charge on any atom is 0.142 e. The van der Waals surface area contributed by atoms with Gasteiger partial charge in [-0.05, 0) is 105 Å². The number of halogens is 1. The SMILES string of the molecule is Cc1c(COc2cc(OCc3cncc(C#N)c3)c(CN3CCCCC3)cc2Cl)cccc1-c1cccc(OCCCNC(CO)C(C)C)c1C. The van der Waals surface area contributed by atoms with Gasteiger partial charge in [0, 0.05) is 42.2 Å². The van der Waals surface area contributed by atoms with Crippen LogP contribution in [0.4, 0.5) is 0 Å². The predicted molar refractivity (Wildman–Crippen MR) is 203 cm³/mol. The fraction of sp³-hybridized carbons (Fsp3) is 0.429. The van der Waals surface area contributed by atoms with Gasteiger partial charge in [-0.3, -0.25) is 9.88 Å². The number of piperidine rings is 1. The Labute approximate surface area is 308 Å². The van der Waals surface area contributed by atoms with Gasteiger partial charge < -0.3 is 24.6 Å². The molecule has 0 aliphatic carbocycles. The molecule has 1 aromatic heterocycles. The first-order valence-corrected chi connectivity index (χ1v) is 18.4. The molecule has 2 heterocycles. The molecule has 2 N–H and O–H groups in total. The van der Waals surface area contributed by atoms with Crippen molar-refractivity contribution in [3.05, 3.63) is 105 Å². The summed E-state index contributed by atoms with van der Waals surface area (Å²) >= 11 is 6.87. The van der Waals surface area contributed by atoms with E-state index in [1.165, 1.54) is 19.3 Å². The molecule has 0 bridgehead atoms. The van der Waals surface area contributed by atoms with Crippen LogP contribution in [-0.2, 0) is 19.8 Å². The van der Waals surface area contributed by atoms with E-state index in [4.69, 9.17) is 25.8 Å². The van der Waals surface area contributed by atoms with E-state index in [0.717, 1.165) is 77.3 Å². The predicted octanol–water partition coefficient (Wildman–Crippen LogP) is 8.41. The third-order valence-corrected chi connectivity index (χ3v) is 9.96. The quantitative estimate of drug-likeness (QED) is 0.105. The van der Waals surface area contributed by atoms with E-state index in [9.17, 15) is 10.4 Å². The fourth-order valence-corrected chi connectivity index (χ4v) is 6.73. The van der Waals surface area contributed by atoms with E-state index in [1.807, 2.05) is 24.3 Å². The second-order valence-corrected chi connectivity index (χ2v) is 14.1. The van der Waals surface area contributed by atoms with E-state index in [2.05, 4.69) is 73.2 Å². The molecule has 0 spiro atoms. The molecular weight excluding hydrogens is 660 g/mol. The van der Waals surface area contributed by atoms with Gasteiger partial charge in [0.25, 0.3) is 0 Å². The Balaban J connectivity index is 1.29. The van der Waals surface area contributed by atoms with E-state index < -0.39 is 0 Å². The van der Waals surface area contributed by atoms with Gasteiger partial charge in [0.05, 0.1) is 23.8 Å². The van der Waals surface area contributed by atoms with Crippen molar-refractivity contribution in [2.45, 2.75) is 79.2 Å². The van der Waals surface area contributed by atoms with Gasteiger partial charge in [-0.1, -0.05) is 62.2 Å². The van der Waals surface area contributed by atoms with E-state index >= 15 is 0 Å². The van der Waals surface area contributed by atoms with Crippen LogP contribution in [-0.4, -0.2) is 53.9 Å². The number of pyridine rings is 1. The number of nitriles is 1. The van der Waals surface area contributed by atoms with Crippen molar-refractivity contribution in [2.75, 3.05) is 32.8 Å². The number of hydrogen-bond donors (Lipinski definition) is 2. The molecule has 1 atom stereocenters. The highest BCUT2D eigenvalue weighted by Crippen LogP contribution is 2.37. The van der Waals surface area contributed by atoms with Gasteiger partial charge in [0.1, 0.15) is 36.5 Å². The lowest BCUT2D eigenvalue weighted by atomic mass is 9.93. The van der Waals surface area contributed by atoms with Crippen LogP contribution in [0.15, 0.2) is 67.0 Å². The highest BCUT2D eigenvalue weighted by Gasteiger charge is 2.18. The number of nitrogens with zero attached hydrogens (tertiary/aromatic N) is 3. The zero-order chi connectivity index (χ0) is 36.2. The molecule has 1 unspecified atom stereocenters. The van der Waals surface area contributed by atoms with Gasteiger partial charge in [-0.15, -0.1) is 0 Å². The summed E-state index contributed by atoms with van der Waals surface area (Å²) < 4.78 is 19.0. The molecule has 0 saturated carbocycles. The van der Waals surface area contributed by atoms with E-state index in [-0.39, 0.29) is 19.3 Å². The summed E-state index contributed by atoms with van der Waals surface area (Å²) in [6.07, 6.45) is 7.76. The van der Waals surface area contributed by atoms with Crippen molar-refractivity contribution in [3.63, 3.8) is 0 Å². The summed E-state index contributed by atoms with van der Waals surface area (Å²) in [4.78, 5) is 6.63. The van der Waals surface area contributed by atoms with Gasteiger partial charge in [-0.2, -0.15) is 5.26 Å². The van der Waals surface area contributed by atoms with Crippen LogP contribution in [0.2, 0.25) is 5.02 Å². The van der Waals surface area contributed by atoms with Crippen LogP contribution in [0, 0.1) is 31.1 Å². The molecule has 9 heteroatoms. The number of ether oxygens (including phenoxy) is 3. The molecule has 1 saturated heterocycles. The molecule has 8 nitrogen and oxygen atoms in total. The number of aromatic nitrogens is 1. The van der Waals surface area contributed by atoms with Gasteiger partial charge in [-0.25, -0.2) is 0 Å². The summed E-state index contributed by atoms with van der Waals surface area (Å²) in [6.45, 7) is 13.4. The van der Waals surface area contributed by atoms with Crippen molar-refractivity contribution in [1.29, 1.82) is 5.26 Å². The zero-order valence-electron chi connectivity index (χ0n) is 30.4. The molecule has 4 aromatic rings. The van der Waals surface area contributed by atoms with Crippen LogP contribution in [0.3, 0.4) is 0 Å². The molecule has 1 aliphatic heterocycles.